The molecule has 0 aromatic heterocycles. The van der Waals surface area contributed by atoms with E-state index in [1.165, 1.54) is 0 Å². The van der Waals surface area contributed by atoms with Crippen LogP contribution in [0.1, 0.15) is 29.3 Å². The van der Waals surface area contributed by atoms with Crippen molar-refractivity contribution in [1.82, 2.24) is 0 Å². The molecule has 0 N–H and O–H groups in total. The van der Waals surface area contributed by atoms with Crippen molar-refractivity contribution >= 4 is 33.1 Å². The zero-order valence-corrected chi connectivity index (χ0v) is 17.2. The van der Waals surface area contributed by atoms with Gasteiger partial charge in [-0.1, -0.05) is 59.7 Å². The van der Waals surface area contributed by atoms with Gasteiger partial charge < -0.3 is 0 Å². The molecule has 0 aliphatic heterocycles. The summed E-state index contributed by atoms with van der Waals surface area (Å²) in [6, 6.07) is 20.9. The number of ketones is 2. The average Bonchev–Trinajstić information content (AvgIpc) is 3.00. The van der Waals surface area contributed by atoms with Crippen LogP contribution in [0.25, 0.3) is 10.8 Å². The van der Waals surface area contributed by atoms with E-state index in [1.807, 2.05) is 68.4 Å². The Hall–Kier alpha value is -2.85. The summed E-state index contributed by atoms with van der Waals surface area (Å²) in [7, 11) is -1.50. The molecule has 0 saturated carbocycles. The Balaban J connectivity index is 1.60. The molecule has 0 amide bonds. The van der Waals surface area contributed by atoms with Gasteiger partial charge >= 0.3 is 0 Å². The van der Waals surface area contributed by atoms with Crippen LogP contribution in [-0.4, -0.2) is 21.0 Å². The third-order valence-electron chi connectivity index (χ3n) is 5.56. The summed E-state index contributed by atoms with van der Waals surface area (Å²) in [5, 5.41) is 1.38. The molecule has 0 spiro atoms. The summed E-state index contributed by atoms with van der Waals surface area (Å²) >= 11 is 0. The molecule has 4 heteroatoms. The predicted molar refractivity (Wildman–Crippen MR) is 117 cm³/mol. The largest absolute Gasteiger partial charge is 0.294 e. The number of hydrogen-bond donors (Lipinski definition) is 0. The molecule has 0 fully saturated rings. The summed E-state index contributed by atoms with van der Waals surface area (Å²) in [6.45, 7) is 3.81. The van der Waals surface area contributed by atoms with E-state index in [9.17, 15) is 13.8 Å². The number of carbonyl (C=O) groups excluding carboxylic acids is 2. The maximum Gasteiger partial charge on any atom is 0.172 e. The zero-order chi connectivity index (χ0) is 20.5. The minimum Gasteiger partial charge on any atom is -0.294 e. The molecule has 146 valence electrons. The topological polar surface area (TPSA) is 51.2 Å². The van der Waals surface area contributed by atoms with Gasteiger partial charge in [0.2, 0.25) is 0 Å². The number of fused-ring (bicyclic) bond motifs is 1. The maximum absolute atomic E-state index is 13.2. The first kappa shape index (κ1) is 19.5. The van der Waals surface area contributed by atoms with E-state index in [-0.39, 0.29) is 23.9 Å². The Morgan fingerprint density at radius 3 is 2.34 bits per heavy atom. The van der Waals surface area contributed by atoms with Crippen molar-refractivity contribution in [2.45, 2.75) is 30.4 Å². The van der Waals surface area contributed by atoms with Crippen molar-refractivity contribution in [2.75, 3.05) is 0 Å². The summed E-state index contributed by atoms with van der Waals surface area (Å²) in [5.74, 6) is -0.532. The van der Waals surface area contributed by atoms with Crippen LogP contribution in [0.3, 0.4) is 0 Å². The van der Waals surface area contributed by atoms with E-state index in [0.717, 1.165) is 21.9 Å². The van der Waals surface area contributed by atoms with Gasteiger partial charge in [-0.15, -0.1) is 0 Å². The third kappa shape index (κ3) is 3.85. The van der Waals surface area contributed by atoms with Gasteiger partial charge in [-0.2, -0.15) is 0 Å². The summed E-state index contributed by atoms with van der Waals surface area (Å²) in [5.41, 5.74) is 2.52. The van der Waals surface area contributed by atoms with Crippen LogP contribution in [-0.2, 0) is 15.6 Å². The monoisotopic (exact) mass is 402 g/mol. The predicted octanol–water partition coefficient (Wildman–Crippen LogP) is 5.04. The van der Waals surface area contributed by atoms with Gasteiger partial charge in [0.15, 0.2) is 11.6 Å². The highest BCUT2D eigenvalue weighted by molar-refractivity contribution is 7.86. The number of aryl methyl sites for hydroxylation is 1. The normalized spacial score (nSPS) is 19.9. The highest BCUT2D eigenvalue weighted by Gasteiger charge is 2.40. The van der Waals surface area contributed by atoms with Gasteiger partial charge in [-0.05, 0) is 48.9 Å². The molecule has 3 unspecified atom stereocenters. The molecule has 3 aromatic carbocycles. The smallest absolute Gasteiger partial charge is 0.172 e. The second-order valence-electron chi connectivity index (χ2n) is 7.62. The molecule has 29 heavy (non-hydrogen) atoms. The molecule has 1 aliphatic carbocycles. The highest BCUT2D eigenvalue weighted by Crippen LogP contribution is 2.34. The van der Waals surface area contributed by atoms with Crippen molar-refractivity contribution in [3.05, 3.63) is 89.5 Å². The highest BCUT2D eigenvalue weighted by atomic mass is 32.2. The lowest BCUT2D eigenvalue weighted by atomic mass is 9.92. The molecule has 3 aromatic rings. The molecule has 0 heterocycles. The lowest BCUT2D eigenvalue weighted by molar-refractivity contribution is -0.114. The molecule has 0 saturated heterocycles. The Labute approximate surface area is 172 Å². The molecule has 4 rings (SSSR count). The Morgan fingerprint density at radius 1 is 0.931 bits per heavy atom. The summed E-state index contributed by atoms with van der Waals surface area (Å²) < 4.78 is 13.2. The van der Waals surface area contributed by atoms with E-state index in [0.29, 0.717) is 10.5 Å². The fourth-order valence-electron chi connectivity index (χ4n) is 3.87. The third-order valence-corrected chi connectivity index (χ3v) is 7.32. The molecule has 0 radical (unpaired) electrons. The van der Waals surface area contributed by atoms with Gasteiger partial charge in [0.05, 0.1) is 10.8 Å². The fraction of sp³-hybridized carbons (Fsp3) is 0.200. The first-order valence-electron chi connectivity index (χ1n) is 9.65. The van der Waals surface area contributed by atoms with Crippen LogP contribution in [0, 0.1) is 12.8 Å². The van der Waals surface area contributed by atoms with Crippen LogP contribution < -0.4 is 0 Å². The molecular formula is C25H22O3S. The first-order chi connectivity index (χ1) is 13.9. The van der Waals surface area contributed by atoms with Crippen LogP contribution >= 0.6 is 0 Å². The SMILES string of the molecule is CC1=CC(=O)C(S(=O)c2ccc(C)cc2)C1CC(=O)c1ccc2ccccc2c1. The minimum absolute atomic E-state index is 0.0332. The van der Waals surface area contributed by atoms with Crippen molar-refractivity contribution in [2.24, 2.45) is 5.92 Å². The van der Waals surface area contributed by atoms with Crippen molar-refractivity contribution in [3.8, 4) is 0 Å². The fourth-order valence-corrected chi connectivity index (χ4v) is 5.46. The molecule has 1 aliphatic rings. The second kappa shape index (κ2) is 7.88. The van der Waals surface area contributed by atoms with Gasteiger partial charge in [0, 0.05) is 22.8 Å². The number of Topliss-reactive ketones (excluding diaryl/α,β-unsaturated/α-hetero) is 1. The molecule has 3 atom stereocenters. The average molecular weight is 403 g/mol. The van der Waals surface area contributed by atoms with Crippen LogP contribution in [0.15, 0.2) is 83.3 Å². The van der Waals surface area contributed by atoms with Crippen molar-refractivity contribution in [3.63, 3.8) is 0 Å². The Kier molecular flexibility index (Phi) is 5.29. The molecular weight excluding hydrogens is 380 g/mol. The number of carbonyl (C=O) groups is 2. The van der Waals surface area contributed by atoms with E-state index in [4.69, 9.17) is 0 Å². The van der Waals surface area contributed by atoms with Gasteiger partial charge in [0.25, 0.3) is 0 Å². The summed E-state index contributed by atoms with van der Waals surface area (Å²) in [6.07, 6.45) is 1.73. The lowest BCUT2D eigenvalue weighted by Crippen LogP contribution is -2.30. The zero-order valence-electron chi connectivity index (χ0n) is 16.4. The quantitative estimate of drug-likeness (QED) is 0.562. The standard InChI is InChI=1S/C25H22O3S/c1-16-7-11-21(12-8-16)29(28)25-22(17(2)13-24(25)27)15-23(26)20-10-9-18-5-3-4-6-19(18)14-20/h3-14,22,25H,15H2,1-2H3. The van der Waals surface area contributed by atoms with Gasteiger partial charge in [-0.3, -0.25) is 13.8 Å². The van der Waals surface area contributed by atoms with E-state index >= 15 is 0 Å². The number of benzene rings is 3. The molecule has 3 nitrogen and oxygen atoms in total. The Bertz CT molecular complexity index is 1160. The van der Waals surface area contributed by atoms with Crippen molar-refractivity contribution < 1.29 is 13.8 Å². The van der Waals surface area contributed by atoms with Crippen LogP contribution in [0.2, 0.25) is 0 Å². The van der Waals surface area contributed by atoms with Crippen LogP contribution in [0.4, 0.5) is 0 Å². The second-order valence-corrected chi connectivity index (χ2v) is 9.19. The van der Waals surface area contributed by atoms with Gasteiger partial charge in [-0.25, -0.2) is 0 Å². The van der Waals surface area contributed by atoms with E-state index in [1.54, 1.807) is 18.2 Å². The van der Waals surface area contributed by atoms with E-state index < -0.39 is 16.0 Å². The number of hydrogen-bond acceptors (Lipinski definition) is 3. The van der Waals surface area contributed by atoms with E-state index in [2.05, 4.69) is 0 Å². The summed E-state index contributed by atoms with van der Waals surface area (Å²) in [4.78, 5) is 26.2. The van der Waals surface area contributed by atoms with Crippen molar-refractivity contribution in [1.29, 1.82) is 0 Å². The number of allylic oxidation sites excluding steroid dienone is 2. The maximum atomic E-state index is 13.2. The molecule has 0 bridgehead atoms. The lowest BCUT2D eigenvalue weighted by Gasteiger charge is -2.20. The van der Waals surface area contributed by atoms with Gasteiger partial charge in [0.1, 0.15) is 5.25 Å². The minimum atomic E-state index is -1.50. The first-order valence-corrected chi connectivity index (χ1v) is 10.9. The number of rotatable bonds is 5. The Morgan fingerprint density at radius 2 is 1.62 bits per heavy atom. The van der Waals surface area contributed by atoms with Crippen LogP contribution in [0.5, 0.6) is 0 Å².